The second kappa shape index (κ2) is 5.53. The van der Waals surface area contributed by atoms with Gasteiger partial charge in [0.25, 0.3) is 0 Å². The number of hydrogen-bond donors (Lipinski definition) is 0. The van der Waals surface area contributed by atoms with E-state index in [4.69, 9.17) is 4.74 Å². The summed E-state index contributed by atoms with van der Waals surface area (Å²) < 4.78 is 19.6. The standard InChI is InChI=1S/C15H17FO4/c1-10(17)15(16,13(19)20-14(2,3)4)12(18)11-8-6-5-7-9-11/h5-9H,1-4H3. The van der Waals surface area contributed by atoms with E-state index in [9.17, 15) is 18.8 Å². The van der Waals surface area contributed by atoms with Gasteiger partial charge in [-0.2, -0.15) is 0 Å². The van der Waals surface area contributed by atoms with Gasteiger partial charge in [0.2, 0.25) is 5.78 Å². The molecule has 0 bridgehead atoms. The Labute approximate surface area is 116 Å². The molecule has 1 unspecified atom stereocenters. The highest BCUT2D eigenvalue weighted by Crippen LogP contribution is 2.24. The molecule has 1 atom stereocenters. The van der Waals surface area contributed by atoms with Gasteiger partial charge in [-0.05, 0) is 27.7 Å². The normalized spacial score (nSPS) is 14.2. The SMILES string of the molecule is CC(=O)C(F)(C(=O)OC(C)(C)C)C(=O)c1ccccc1. The van der Waals surface area contributed by atoms with Crippen LogP contribution in [-0.2, 0) is 14.3 Å². The van der Waals surface area contributed by atoms with Crippen molar-refractivity contribution in [1.82, 2.24) is 0 Å². The lowest BCUT2D eigenvalue weighted by Crippen LogP contribution is -2.51. The average molecular weight is 280 g/mol. The number of carbonyl (C=O) groups excluding carboxylic acids is 3. The van der Waals surface area contributed by atoms with Crippen LogP contribution in [0.15, 0.2) is 30.3 Å². The Morgan fingerprint density at radius 2 is 1.55 bits per heavy atom. The van der Waals surface area contributed by atoms with Crippen LogP contribution in [0.2, 0.25) is 0 Å². The van der Waals surface area contributed by atoms with E-state index in [1.165, 1.54) is 45.0 Å². The highest BCUT2D eigenvalue weighted by molar-refractivity contribution is 6.30. The summed E-state index contributed by atoms with van der Waals surface area (Å²) in [5.41, 5.74) is -4.37. The van der Waals surface area contributed by atoms with E-state index < -0.39 is 28.8 Å². The molecule has 0 amide bonds. The fourth-order valence-corrected chi connectivity index (χ4v) is 1.53. The molecular formula is C15H17FO4. The van der Waals surface area contributed by atoms with Crippen LogP contribution in [0.4, 0.5) is 4.39 Å². The topological polar surface area (TPSA) is 60.4 Å². The van der Waals surface area contributed by atoms with Gasteiger partial charge in [0.1, 0.15) is 5.60 Å². The van der Waals surface area contributed by atoms with Gasteiger partial charge in [0, 0.05) is 5.56 Å². The molecule has 0 heterocycles. The fraction of sp³-hybridized carbons (Fsp3) is 0.400. The third-order valence-electron chi connectivity index (χ3n) is 2.51. The van der Waals surface area contributed by atoms with Gasteiger partial charge in [-0.15, -0.1) is 0 Å². The van der Waals surface area contributed by atoms with Crippen LogP contribution in [-0.4, -0.2) is 28.8 Å². The summed E-state index contributed by atoms with van der Waals surface area (Å²) in [4.78, 5) is 35.5. The van der Waals surface area contributed by atoms with E-state index in [0.29, 0.717) is 0 Å². The highest BCUT2D eigenvalue weighted by Gasteiger charge is 2.54. The number of benzene rings is 1. The van der Waals surface area contributed by atoms with Crippen molar-refractivity contribution in [3.63, 3.8) is 0 Å². The Bertz CT molecular complexity index is 531. The maximum absolute atomic E-state index is 14.7. The quantitative estimate of drug-likeness (QED) is 0.483. The maximum Gasteiger partial charge on any atom is 0.360 e. The van der Waals surface area contributed by atoms with Gasteiger partial charge < -0.3 is 4.74 Å². The Morgan fingerprint density at radius 3 is 1.95 bits per heavy atom. The number of rotatable bonds is 4. The van der Waals surface area contributed by atoms with Crippen LogP contribution in [0.1, 0.15) is 38.1 Å². The fourth-order valence-electron chi connectivity index (χ4n) is 1.53. The Morgan fingerprint density at radius 1 is 1.05 bits per heavy atom. The summed E-state index contributed by atoms with van der Waals surface area (Å²) in [6.07, 6.45) is 0. The number of carbonyl (C=O) groups is 3. The Kier molecular flexibility index (Phi) is 4.43. The zero-order valence-corrected chi connectivity index (χ0v) is 11.9. The van der Waals surface area contributed by atoms with Crippen molar-refractivity contribution in [1.29, 1.82) is 0 Å². The highest BCUT2D eigenvalue weighted by atomic mass is 19.1. The van der Waals surface area contributed by atoms with E-state index in [0.717, 1.165) is 6.92 Å². The van der Waals surface area contributed by atoms with E-state index in [2.05, 4.69) is 0 Å². The van der Waals surface area contributed by atoms with Crippen LogP contribution in [0.5, 0.6) is 0 Å². The number of ether oxygens (including phenoxy) is 1. The van der Waals surface area contributed by atoms with Crippen molar-refractivity contribution in [2.45, 2.75) is 39.0 Å². The average Bonchev–Trinajstić information content (AvgIpc) is 2.35. The first-order valence-electron chi connectivity index (χ1n) is 6.12. The summed E-state index contributed by atoms with van der Waals surface area (Å²) in [7, 11) is 0. The van der Waals surface area contributed by atoms with Crippen molar-refractivity contribution in [2.75, 3.05) is 0 Å². The number of alkyl halides is 1. The van der Waals surface area contributed by atoms with Crippen LogP contribution in [0, 0.1) is 0 Å². The predicted octanol–water partition coefficient (Wildman–Crippen LogP) is 2.51. The number of halogens is 1. The Hall–Kier alpha value is -2.04. The first kappa shape index (κ1) is 16.0. The summed E-state index contributed by atoms with van der Waals surface area (Å²) in [6.45, 7) is 5.43. The molecule has 0 aliphatic heterocycles. The third kappa shape index (κ3) is 3.29. The summed E-state index contributed by atoms with van der Waals surface area (Å²) in [5, 5.41) is 0. The van der Waals surface area contributed by atoms with Gasteiger partial charge >= 0.3 is 11.6 Å². The molecule has 0 saturated carbocycles. The lowest BCUT2D eigenvalue weighted by molar-refractivity contribution is -0.168. The summed E-state index contributed by atoms with van der Waals surface area (Å²) in [5.74, 6) is -3.88. The minimum Gasteiger partial charge on any atom is -0.457 e. The van der Waals surface area contributed by atoms with Gasteiger partial charge in [-0.25, -0.2) is 9.18 Å². The van der Waals surface area contributed by atoms with Crippen LogP contribution in [0.3, 0.4) is 0 Å². The molecular weight excluding hydrogens is 263 g/mol. The molecule has 108 valence electrons. The lowest BCUT2D eigenvalue weighted by Gasteiger charge is -2.25. The minimum absolute atomic E-state index is 0.0592. The predicted molar refractivity (Wildman–Crippen MR) is 71.1 cm³/mol. The summed E-state index contributed by atoms with van der Waals surface area (Å²) >= 11 is 0. The maximum atomic E-state index is 14.7. The van der Waals surface area contributed by atoms with Crippen molar-refractivity contribution < 1.29 is 23.5 Å². The zero-order valence-electron chi connectivity index (χ0n) is 11.9. The molecule has 0 aliphatic rings. The monoisotopic (exact) mass is 280 g/mol. The Balaban J connectivity index is 3.19. The van der Waals surface area contributed by atoms with Gasteiger partial charge in [-0.3, -0.25) is 9.59 Å². The molecule has 0 N–H and O–H groups in total. The van der Waals surface area contributed by atoms with Crippen molar-refractivity contribution in [3.8, 4) is 0 Å². The molecule has 5 heteroatoms. The van der Waals surface area contributed by atoms with Crippen LogP contribution < -0.4 is 0 Å². The molecule has 0 saturated heterocycles. The number of hydrogen-bond acceptors (Lipinski definition) is 4. The number of esters is 1. The number of Topliss-reactive ketones (excluding diaryl/α,β-unsaturated/α-hetero) is 2. The first-order valence-corrected chi connectivity index (χ1v) is 6.12. The number of ketones is 2. The molecule has 1 rings (SSSR count). The van der Waals surface area contributed by atoms with Crippen LogP contribution in [0.25, 0.3) is 0 Å². The molecule has 1 aromatic carbocycles. The second-order valence-corrected chi connectivity index (χ2v) is 5.41. The molecule has 4 nitrogen and oxygen atoms in total. The molecule has 0 aromatic heterocycles. The summed E-state index contributed by atoms with van der Waals surface area (Å²) in [6, 6.07) is 7.34. The van der Waals surface area contributed by atoms with E-state index >= 15 is 0 Å². The van der Waals surface area contributed by atoms with Crippen molar-refractivity contribution >= 4 is 17.5 Å². The molecule has 20 heavy (non-hydrogen) atoms. The smallest absolute Gasteiger partial charge is 0.360 e. The van der Waals surface area contributed by atoms with E-state index in [-0.39, 0.29) is 5.56 Å². The molecule has 1 aromatic rings. The van der Waals surface area contributed by atoms with Gasteiger partial charge in [0.05, 0.1) is 0 Å². The van der Waals surface area contributed by atoms with Crippen molar-refractivity contribution in [2.24, 2.45) is 0 Å². The lowest BCUT2D eigenvalue weighted by atomic mass is 9.91. The van der Waals surface area contributed by atoms with E-state index in [1.807, 2.05) is 0 Å². The minimum atomic E-state index is -3.31. The van der Waals surface area contributed by atoms with Gasteiger partial charge in [-0.1, -0.05) is 30.3 Å². The second-order valence-electron chi connectivity index (χ2n) is 5.41. The molecule has 0 spiro atoms. The first-order chi connectivity index (χ1) is 9.09. The van der Waals surface area contributed by atoms with Crippen molar-refractivity contribution in [3.05, 3.63) is 35.9 Å². The largest absolute Gasteiger partial charge is 0.457 e. The van der Waals surface area contributed by atoms with E-state index in [1.54, 1.807) is 6.07 Å². The van der Waals surface area contributed by atoms with Gasteiger partial charge in [0.15, 0.2) is 5.78 Å². The molecule has 0 fully saturated rings. The third-order valence-corrected chi connectivity index (χ3v) is 2.51. The van der Waals surface area contributed by atoms with Crippen LogP contribution >= 0.6 is 0 Å². The zero-order chi connectivity index (χ0) is 15.6. The molecule has 0 radical (unpaired) electrons. The molecule has 0 aliphatic carbocycles.